The van der Waals surface area contributed by atoms with Crippen molar-refractivity contribution < 1.29 is 4.79 Å². The molecule has 2 fully saturated rings. The van der Waals surface area contributed by atoms with Crippen LogP contribution in [0.15, 0.2) is 0 Å². The minimum absolute atomic E-state index is 0.249. The van der Waals surface area contributed by atoms with Crippen LogP contribution in [-0.2, 0) is 4.79 Å². The molecule has 1 atom stereocenters. The van der Waals surface area contributed by atoms with Crippen molar-refractivity contribution >= 4 is 5.78 Å². The fourth-order valence-corrected chi connectivity index (χ4v) is 3.10. The molecular formula is C14H26N2O. The molecule has 0 radical (unpaired) electrons. The van der Waals surface area contributed by atoms with Crippen molar-refractivity contribution in [3.8, 4) is 0 Å². The molecule has 98 valence electrons. The van der Waals surface area contributed by atoms with E-state index >= 15 is 0 Å². The van der Waals surface area contributed by atoms with Crippen molar-refractivity contribution in [2.45, 2.75) is 33.1 Å². The number of likely N-dealkylation sites (tertiary alicyclic amines) is 2. The molecule has 3 heteroatoms. The summed E-state index contributed by atoms with van der Waals surface area (Å²) in [5.74, 6) is 0.702. The molecule has 0 saturated carbocycles. The van der Waals surface area contributed by atoms with Crippen LogP contribution in [0.2, 0.25) is 0 Å². The van der Waals surface area contributed by atoms with Gasteiger partial charge in [-0.15, -0.1) is 0 Å². The molecule has 0 bridgehead atoms. The van der Waals surface area contributed by atoms with Gasteiger partial charge in [0.25, 0.3) is 0 Å². The maximum Gasteiger partial charge on any atom is 0.138 e. The molecule has 0 spiro atoms. The highest BCUT2D eigenvalue weighted by Crippen LogP contribution is 2.32. The minimum Gasteiger partial charge on any atom is -0.306 e. The molecule has 2 aliphatic rings. The summed E-state index contributed by atoms with van der Waals surface area (Å²) in [4.78, 5) is 16.5. The standard InChI is InChI=1S/C14H26N2O/c1-12-10-16(7-4-13(12)17)11-14(2)5-8-15(3)9-6-14/h12H,4-11H2,1-3H3. The average molecular weight is 238 g/mol. The maximum atomic E-state index is 11.5. The molecule has 17 heavy (non-hydrogen) atoms. The second kappa shape index (κ2) is 5.07. The summed E-state index contributed by atoms with van der Waals surface area (Å²) >= 11 is 0. The zero-order valence-electron chi connectivity index (χ0n) is 11.5. The smallest absolute Gasteiger partial charge is 0.138 e. The summed E-state index contributed by atoms with van der Waals surface area (Å²) in [7, 11) is 2.21. The Kier molecular flexibility index (Phi) is 3.88. The zero-order chi connectivity index (χ0) is 12.5. The maximum absolute atomic E-state index is 11.5. The number of ketones is 1. The Hall–Kier alpha value is -0.410. The predicted octanol–water partition coefficient (Wildman–Crippen LogP) is 1.63. The van der Waals surface area contributed by atoms with E-state index in [1.807, 2.05) is 0 Å². The van der Waals surface area contributed by atoms with E-state index in [4.69, 9.17) is 0 Å². The van der Waals surface area contributed by atoms with Crippen molar-refractivity contribution in [2.75, 3.05) is 39.8 Å². The van der Waals surface area contributed by atoms with Gasteiger partial charge in [-0.3, -0.25) is 4.79 Å². The summed E-state index contributed by atoms with van der Waals surface area (Å²) in [6.07, 6.45) is 3.35. The molecular weight excluding hydrogens is 212 g/mol. The second-order valence-electron chi connectivity index (χ2n) is 6.47. The zero-order valence-corrected chi connectivity index (χ0v) is 11.5. The number of carbonyl (C=O) groups excluding carboxylic acids is 1. The topological polar surface area (TPSA) is 23.6 Å². The molecule has 0 aromatic rings. The van der Waals surface area contributed by atoms with Gasteiger partial charge < -0.3 is 9.80 Å². The van der Waals surface area contributed by atoms with Gasteiger partial charge in [-0.05, 0) is 38.4 Å². The van der Waals surface area contributed by atoms with Crippen molar-refractivity contribution in [1.29, 1.82) is 0 Å². The lowest BCUT2D eigenvalue weighted by atomic mass is 9.79. The quantitative estimate of drug-likeness (QED) is 0.730. The molecule has 0 N–H and O–H groups in total. The highest BCUT2D eigenvalue weighted by molar-refractivity contribution is 5.81. The van der Waals surface area contributed by atoms with E-state index in [-0.39, 0.29) is 5.92 Å². The fourth-order valence-electron chi connectivity index (χ4n) is 3.10. The molecule has 0 aliphatic carbocycles. The van der Waals surface area contributed by atoms with Gasteiger partial charge in [-0.25, -0.2) is 0 Å². The first-order valence-electron chi connectivity index (χ1n) is 6.92. The molecule has 0 aromatic carbocycles. The van der Waals surface area contributed by atoms with Crippen molar-refractivity contribution in [3.63, 3.8) is 0 Å². The SMILES string of the molecule is CC1CN(CC2(C)CCN(C)CC2)CCC1=O. The summed E-state index contributed by atoms with van der Waals surface area (Å²) in [6.45, 7) is 10.1. The summed E-state index contributed by atoms with van der Waals surface area (Å²) in [5.41, 5.74) is 0.465. The molecule has 0 aromatic heterocycles. The van der Waals surface area contributed by atoms with Crippen molar-refractivity contribution in [1.82, 2.24) is 9.80 Å². The van der Waals surface area contributed by atoms with Crippen LogP contribution in [0.3, 0.4) is 0 Å². The van der Waals surface area contributed by atoms with Crippen LogP contribution in [0, 0.1) is 11.3 Å². The van der Waals surface area contributed by atoms with Gasteiger partial charge in [0, 0.05) is 32.0 Å². The Labute approximate surface area is 105 Å². The summed E-state index contributed by atoms with van der Waals surface area (Å²) < 4.78 is 0. The number of hydrogen-bond acceptors (Lipinski definition) is 3. The third-order valence-electron chi connectivity index (χ3n) is 4.56. The van der Waals surface area contributed by atoms with Crippen LogP contribution >= 0.6 is 0 Å². The Morgan fingerprint density at radius 2 is 1.94 bits per heavy atom. The highest BCUT2D eigenvalue weighted by atomic mass is 16.1. The number of piperidine rings is 2. The van der Waals surface area contributed by atoms with Crippen molar-refractivity contribution in [3.05, 3.63) is 0 Å². The number of carbonyl (C=O) groups is 1. The largest absolute Gasteiger partial charge is 0.306 e. The average Bonchev–Trinajstić information content (AvgIpc) is 2.28. The van der Waals surface area contributed by atoms with E-state index in [1.54, 1.807) is 0 Å². The monoisotopic (exact) mass is 238 g/mol. The molecule has 1 unspecified atom stereocenters. The Morgan fingerprint density at radius 1 is 1.29 bits per heavy atom. The van der Waals surface area contributed by atoms with Crippen LogP contribution in [0.4, 0.5) is 0 Å². The Morgan fingerprint density at radius 3 is 2.53 bits per heavy atom. The Bertz CT molecular complexity index is 282. The first-order valence-corrected chi connectivity index (χ1v) is 6.92. The molecule has 2 saturated heterocycles. The van der Waals surface area contributed by atoms with E-state index in [2.05, 4.69) is 30.7 Å². The van der Waals surface area contributed by atoms with Gasteiger partial charge in [-0.1, -0.05) is 13.8 Å². The van der Waals surface area contributed by atoms with Gasteiger partial charge in [0.05, 0.1) is 0 Å². The lowest BCUT2D eigenvalue weighted by Gasteiger charge is -2.42. The lowest BCUT2D eigenvalue weighted by molar-refractivity contribution is -0.126. The van der Waals surface area contributed by atoms with E-state index in [9.17, 15) is 4.79 Å². The van der Waals surface area contributed by atoms with Gasteiger partial charge in [0.15, 0.2) is 0 Å². The number of Topliss-reactive ketones (excluding diaryl/α,β-unsaturated/α-hetero) is 1. The van der Waals surface area contributed by atoms with Crippen LogP contribution in [0.1, 0.15) is 33.1 Å². The second-order valence-corrected chi connectivity index (χ2v) is 6.47. The highest BCUT2D eigenvalue weighted by Gasteiger charge is 2.33. The van der Waals surface area contributed by atoms with E-state index in [0.29, 0.717) is 11.2 Å². The van der Waals surface area contributed by atoms with Crippen molar-refractivity contribution in [2.24, 2.45) is 11.3 Å². The third-order valence-corrected chi connectivity index (χ3v) is 4.56. The summed E-state index contributed by atoms with van der Waals surface area (Å²) in [6, 6.07) is 0. The number of hydrogen-bond donors (Lipinski definition) is 0. The van der Waals surface area contributed by atoms with Gasteiger partial charge in [0.2, 0.25) is 0 Å². The van der Waals surface area contributed by atoms with E-state index in [1.165, 1.54) is 32.5 Å². The molecule has 0 amide bonds. The normalized spacial score (nSPS) is 31.7. The van der Waals surface area contributed by atoms with Gasteiger partial charge in [-0.2, -0.15) is 0 Å². The van der Waals surface area contributed by atoms with Crippen LogP contribution < -0.4 is 0 Å². The fraction of sp³-hybridized carbons (Fsp3) is 0.929. The predicted molar refractivity (Wildman–Crippen MR) is 70.1 cm³/mol. The molecule has 2 rings (SSSR count). The number of rotatable bonds is 2. The first kappa shape index (κ1) is 13.0. The van der Waals surface area contributed by atoms with Crippen LogP contribution in [0.25, 0.3) is 0 Å². The van der Waals surface area contributed by atoms with E-state index in [0.717, 1.165) is 19.5 Å². The van der Waals surface area contributed by atoms with Crippen LogP contribution in [-0.4, -0.2) is 55.4 Å². The molecule has 2 aliphatic heterocycles. The first-order chi connectivity index (χ1) is 7.98. The molecule has 3 nitrogen and oxygen atoms in total. The Balaban J connectivity index is 1.86. The lowest BCUT2D eigenvalue weighted by Crippen LogP contribution is -2.47. The van der Waals surface area contributed by atoms with Crippen LogP contribution in [0.5, 0.6) is 0 Å². The number of nitrogens with zero attached hydrogens (tertiary/aromatic N) is 2. The van der Waals surface area contributed by atoms with Gasteiger partial charge in [0.1, 0.15) is 5.78 Å². The minimum atomic E-state index is 0.249. The molecule has 2 heterocycles. The van der Waals surface area contributed by atoms with E-state index < -0.39 is 0 Å². The van der Waals surface area contributed by atoms with Gasteiger partial charge >= 0.3 is 0 Å². The third kappa shape index (κ3) is 3.29. The summed E-state index contributed by atoms with van der Waals surface area (Å²) in [5, 5.41) is 0.